The average molecular weight is 217 g/mol. The number of hydrogen-bond donors (Lipinski definition) is 3. The molecule has 0 spiro atoms. The van der Waals surface area contributed by atoms with Crippen LogP contribution in [0.3, 0.4) is 0 Å². The minimum absolute atomic E-state index is 0. The van der Waals surface area contributed by atoms with Crippen molar-refractivity contribution in [2.45, 2.75) is 0 Å². The Morgan fingerprint density at radius 1 is 1.14 bits per heavy atom. The van der Waals surface area contributed by atoms with Crippen molar-refractivity contribution in [1.82, 2.24) is 10.2 Å². The number of H-pyrrole nitrogens is 2. The zero-order valence-corrected chi connectivity index (χ0v) is 10.7. The molecule has 0 aliphatic rings. The molecule has 0 aliphatic carbocycles. The fourth-order valence-corrected chi connectivity index (χ4v) is 1.26. The van der Waals surface area contributed by atoms with E-state index < -0.39 is 0 Å². The molecule has 1 aromatic carbocycles. The van der Waals surface area contributed by atoms with Gasteiger partial charge in [-0.15, -0.1) is 0 Å². The number of anilines is 1. The molecule has 4 N–H and O–H groups in total. The van der Waals surface area contributed by atoms with E-state index in [1.54, 1.807) is 18.2 Å². The third-order valence-corrected chi connectivity index (χ3v) is 1.86. The van der Waals surface area contributed by atoms with Crippen molar-refractivity contribution >= 4 is 16.5 Å². The van der Waals surface area contributed by atoms with Gasteiger partial charge in [0.05, 0.1) is 10.8 Å². The van der Waals surface area contributed by atoms with E-state index >= 15 is 0 Å². The third-order valence-electron chi connectivity index (χ3n) is 1.86. The number of aromatic amines is 2. The molecule has 1 aromatic heterocycles. The molecule has 2 aromatic rings. The Labute approximate surface area is 123 Å². The molecular weight excluding hydrogens is 209 g/mol. The molecule has 2 rings (SSSR count). The maximum absolute atomic E-state index is 11.2. The molecule has 68 valence electrons. The number of hydrogen-bond acceptors (Lipinski definition) is 3. The fraction of sp³-hybridized carbons (Fsp3) is 0. The van der Waals surface area contributed by atoms with Gasteiger partial charge in [-0.3, -0.25) is 19.8 Å². The number of fused-ring (bicyclic) bond motifs is 1. The Balaban J connectivity index is 0.000000980. The van der Waals surface area contributed by atoms with E-state index in [-0.39, 0.29) is 69.3 Å². The fourth-order valence-electron chi connectivity index (χ4n) is 1.26. The van der Waals surface area contributed by atoms with Crippen molar-refractivity contribution < 1.29 is 52.8 Å². The Hall–Kier alpha value is -0.404. The van der Waals surface area contributed by atoms with Crippen LogP contribution in [0.4, 0.5) is 5.69 Å². The molecule has 0 amide bonds. The van der Waals surface area contributed by atoms with Crippen molar-refractivity contribution in [3.8, 4) is 0 Å². The molecule has 0 saturated heterocycles. The van der Waals surface area contributed by atoms with Gasteiger partial charge in [-0.25, -0.2) is 0 Å². The normalized spacial score (nSPS) is 9.71. The van der Waals surface area contributed by atoms with Crippen LogP contribution in [0.1, 0.15) is 1.43 Å². The summed E-state index contributed by atoms with van der Waals surface area (Å²) in [6, 6.07) is 4.77. The predicted octanol–water partition coefficient (Wildman–Crippen LogP) is -3.08. The number of nitrogen functional groups attached to an aromatic ring is 1. The summed E-state index contributed by atoms with van der Waals surface area (Å²) >= 11 is 0. The van der Waals surface area contributed by atoms with Crippen LogP contribution in [-0.4, -0.2) is 10.2 Å². The van der Waals surface area contributed by atoms with Crippen LogP contribution < -0.4 is 68.2 Å². The zero-order chi connectivity index (χ0) is 9.42. The van der Waals surface area contributed by atoms with Crippen LogP contribution in [0.5, 0.6) is 0 Å². The number of benzene rings is 1. The van der Waals surface area contributed by atoms with Gasteiger partial charge >= 0.3 is 51.4 Å². The van der Waals surface area contributed by atoms with Gasteiger partial charge in [0, 0.05) is 5.69 Å². The van der Waals surface area contributed by atoms with E-state index in [0.29, 0.717) is 11.1 Å². The van der Waals surface area contributed by atoms with Gasteiger partial charge in [0.25, 0.3) is 11.1 Å². The van der Waals surface area contributed by atoms with Crippen molar-refractivity contribution in [3.05, 3.63) is 38.9 Å². The second-order valence-electron chi connectivity index (χ2n) is 2.68. The largest absolute Gasteiger partial charge is 1.00 e. The maximum Gasteiger partial charge on any atom is 1.00 e. The quantitative estimate of drug-likeness (QED) is 0.323. The minimum atomic E-state index is -0.382. The van der Waals surface area contributed by atoms with Gasteiger partial charge in [0.2, 0.25) is 0 Å². The first-order chi connectivity index (χ1) is 6.20. The summed E-state index contributed by atoms with van der Waals surface area (Å²) in [6.45, 7) is 0. The summed E-state index contributed by atoms with van der Waals surface area (Å²) in [7, 11) is 0. The summed E-state index contributed by atoms with van der Waals surface area (Å²) in [5.41, 5.74) is 5.14. The van der Waals surface area contributed by atoms with E-state index in [2.05, 4.69) is 10.2 Å². The maximum atomic E-state index is 11.2. The molecule has 0 fully saturated rings. The van der Waals surface area contributed by atoms with Crippen LogP contribution >= 0.6 is 0 Å². The van der Waals surface area contributed by atoms with Gasteiger partial charge in [-0.2, -0.15) is 0 Å². The van der Waals surface area contributed by atoms with Gasteiger partial charge in [-0.05, 0) is 12.1 Å². The predicted molar refractivity (Wildman–Crippen MR) is 50.7 cm³/mol. The molecule has 1 heterocycles. The molecule has 6 heteroatoms. The molecule has 0 bridgehead atoms. The van der Waals surface area contributed by atoms with Gasteiger partial charge < -0.3 is 7.16 Å². The van der Waals surface area contributed by atoms with E-state index in [1.165, 1.54) is 0 Å². The van der Waals surface area contributed by atoms with E-state index in [1.807, 2.05) is 0 Å². The molecule has 14 heavy (non-hydrogen) atoms. The molecule has 0 unspecified atom stereocenters. The first-order valence-corrected chi connectivity index (χ1v) is 3.69. The van der Waals surface area contributed by atoms with Crippen molar-refractivity contribution in [3.63, 3.8) is 0 Å². The topological polar surface area (TPSA) is 91.7 Å². The molecular formula is C8H8KN3O2. The molecule has 0 aliphatic heterocycles. The van der Waals surface area contributed by atoms with Crippen molar-refractivity contribution in [2.75, 3.05) is 5.73 Å². The summed E-state index contributed by atoms with van der Waals surface area (Å²) in [5, 5.41) is 4.98. The second kappa shape index (κ2) is 4.41. The Bertz CT molecular complexity index is 578. The summed E-state index contributed by atoms with van der Waals surface area (Å²) in [4.78, 5) is 22.4. The minimum Gasteiger partial charge on any atom is -1.00 e. The number of rotatable bonds is 0. The number of aromatic nitrogens is 2. The standard InChI is InChI=1S/C8H7N3O2.K.H/c9-5-3-1-2-4-6(5)8(13)11-10-7(4)12;;/h1-3H,9H2,(H,10,12)(H,11,13);;/q;+1;-1. The molecule has 0 radical (unpaired) electrons. The smallest absolute Gasteiger partial charge is 1.00 e. The monoisotopic (exact) mass is 217 g/mol. The third kappa shape index (κ3) is 1.84. The number of nitrogens with one attached hydrogen (secondary N) is 2. The van der Waals surface area contributed by atoms with Crippen LogP contribution in [0.15, 0.2) is 27.8 Å². The van der Waals surface area contributed by atoms with Crippen LogP contribution in [0.2, 0.25) is 0 Å². The van der Waals surface area contributed by atoms with Gasteiger partial charge in [-0.1, -0.05) is 6.07 Å². The molecule has 0 atom stereocenters. The molecule has 5 nitrogen and oxygen atoms in total. The van der Waals surface area contributed by atoms with Gasteiger partial charge in [0.15, 0.2) is 0 Å². The summed E-state index contributed by atoms with van der Waals surface area (Å²) < 4.78 is 0. The number of nitrogens with two attached hydrogens (primary N) is 1. The Kier molecular flexibility index (Phi) is 3.68. The molecule has 0 saturated carbocycles. The van der Waals surface area contributed by atoms with E-state index in [9.17, 15) is 9.59 Å². The van der Waals surface area contributed by atoms with Crippen LogP contribution in [0.25, 0.3) is 10.8 Å². The SMILES string of the molecule is Nc1cccc2c(=O)[nH][nH]c(=O)c12.[H-].[K+]. The average Bonchev–Trinajstić information content (AvgIpc) is 2.12. The van der Waals surface area contributed by atoms with Crippen molar-refractivity contribution in [2.24, 2.45) is 0 Å². The second-order valence-corrected chi connectivity index (χ2v) is 2.68. The first kappa shape index (κ1) is 11.7. The van der Waals surface area contributed by atoms with Gasteiger partial charge in [0.1, 0.15) is 0 Å². The summed E-state index contributed by atoms with van der Waals surface area (Å²) in [5.74, 6) is 0. The first-order valence-electron chi connectivity index (χ1n) is 3.69. The van der Waals surface area contributed by atoms with E-state index in [4.69, 9.17) is 5.73 Å². The summed E-state index contributed by atoms with van der Waals surface area (Å²) in [6.07, 6.45) is 0. The van der Waals surface area contributed by atoms with Crippen LogP contribution in [-0.2, 0) is 0 Å². The van der Waals surface area contributed by atoms with Crippen molar-refractivity contribution in [1.29, 1.82) is 0 Å². The Morgan fingerprint density at radius 3 is 2.43 bits per heavy atom. The van der Waals surface area contributed by atoms with Crippen LogP contribution in [0, 0.1) is 0 Å². The van der Waals surface area contributed by atoms with E-state index in [0.717, 1.165) is 0 Å². The zero-order valence-electron chi connectivity index (χ0n) is 8.63. The Morgan fingerprint density at radius 2 is 1.79 bits per heavy atom.